The Labute approximate surface area is 182 Å². The number of nitrogens with one attached hydrogen (secondary N) is 1. The van der Waals surface area contributed by atoms with Gasteiger partial charge in [0.15, 0.2) is 12.4 Å². The van der Waals surface area contributed by atoms with Crippen LogP contribution >= 0.6 is 11.6 Å². The van der Waals surface area contributed by atoms with E-state index in [2.05, 4.69) is 10.5 Å². The summed E-state index contributed by atoms with van der Waals surface area (Å²) in [6.07, 6.45) is 1.32. The number of halogens is 1. The Hall–Kier alpha value is -3.85. The van der Waals surface area contributed by atoms with Gasteiger partial charge in [0.2, 0.25) is 0 Å². The fraction of sp³-hybridized carbons (Fsp3) is 0.143. The van der Waals surface area contributed by atoms with E-state index in [0.717, 1.165) is 5.56 Å². The molecule has 1 aromatic heterocycles. The Kier molecular flexibility index (Phi) is 6.88. The molecule has 160 valence electrons. The van der Waals surface area contributed by atoms with Gasteiger partial charge >= 0.3 is 5.69 Å². The molecule has 0 spiro atoms. The van der Waals surface area contributed by atoms with Crippen LogP contribution in [-0.4, -0.2) is 30.8 Å². The smallest absolute Gasteiger partial charge is 0.311 e. The lowest BCUT2D eigenvalue weighted by atomic mass is 10.2. The zero-order chi connectivity index (χ0) is 22.4. The lowest BCUT2D eigenvalue weighted by molar-refractivity contribution is -0.385. The van der Waals surface area contributed by atoms with Crippen molar-refractivity contribution in [2.24, 2.45) is 5.10 Å². The van der Waals surface area contributed by atoms with Crippen molar-refractivity contribution >= 4 is 29.4 Å². The van der Waals surface area contributed by atoms with Gasteiger partial charge in [-0.05, 0) is 48.9 Å². The molecule has 2 aromatic carbocycles. The van der Waals surface area contributed by atoms with E-state index in [0.29, 0.717) is 27.9 Å². The minimum absolute atomic E-state index is 0.00329. The molecule has 1 amide bonds. The van der Waals surface area contributed by atoms with Crippen LogP contribution in [0.15, 0.2) is 58.0 Å². The summed E-state index contributed by atoms with van der Waals surface area (Å²) < 4.78 is 16.0. The van der Waals surface area contributed by atoms with Crippen molar-refractivity contribution < 1.29 is 23.6 Å². The molecule has 0 saturated heterocycles. The first-order chi connectivity index (χ1) is 14.9. The van der Waals surface area contributed by atoms with E-state index in [9.17, 15) is 14.9 Å². The zero-order valence-corrected chi connectivity index (χ0v) is 17.4. The van der Waals surface area contributed by atoms with Gasteiger partial charge in [-0.15, -0.1) is 0 Å². The third kappa shape index (κ3) is 5.61. The number of amides is 1. The Bertz CT molecular complexity index is 1140. The van der Waals surface area contributed by atoms with E-state index >= 15 is 0 Å². The molecule has 0 bridgehead atoms. The van der Waals surface area contributed by atoms with Gasteiger partial charge in [-0.3, -0.25) is 14.9 Å². The highest BCUT2D eigenvalue weighted by Crippen LogP contribution is 2.31. The van der Waals surface area contributed by atoms with Crippen LogP contribution in [0.25, 0.3) is 11.3 Å². The number of carbonyl (C=O) groups excluding carboxylic acids is 1. The van der Waals surface area contributed by atoms with Crippen LogP contribution in [-0.2, 0) is 4.79 Å². The summed E-state index contributed by atoms with van der Waals surface area (Å²) in [6.45, 7) is 1.29. The maximum absolute atomic E-state index is 11.9. The molecule has 0 fully saturated rings. The van der Waals surface area contributed by atoms with E-state index in [1.54, 1.807) is 43.3 Å². The summed E-state index contributed by atoms with van der Waals surface area (Å²) >= 11 is 6.12. The number of nitro groups is 1. The van der Waals surface area contributed by atoms with Crippen molar-refractivity contribution in [2.45, 2.75) is 6.92 Å². The van der Waals surface area contributed by atoms with Crippen molar-refractivity contribution in [1.29, 1.82) is 0 Å². The number of rotatable bonds is 8. The number of methoxy groups -OCH3 is 1. The van der Waals surface area contributed by atoms with Crippen LogP contribution in [0.2, 0.25) is 5.02 Å². The van der Waals surface area contributed by atoms with Gasteiger partial charge in [-0.25, -0.2) is 5.43 Å². The normalized spacial score (nSPS) is 10.8. The van der Waals surface area contributed by atoms with Gasteiger partial charge in [0.25, 0.3) is 5.91 Å². The van der Waals surface area contributed by atoms with E-state index in [4.69, 9.17) is 25.5 Å². The number of hydrazone groups is 1. The zero-order valence-electron chi connectivity index (χ0n) is 16.6. The number of ether oxygens (including phenoxy) is 2. The van der Waals surface area contributed by atoms with Gasteiger partial charge < -0.3 is 13.9 Å². The fourth-order valence-corrected chi connectivity index (χ4v) is 2.89. The van der Waals surface area contributed by atoms with Gasteiger partial charge in [0.05, 0.1) is 23.3 Å². The second kappa shape index (κ2) is 9.77. The average molecular weight is 444 g/mol. The second-order valence-corrected chi connectivity index (χ2v) is 6.77. The minimum Gasteiger partial charge on any atom is -0.495 e. The molecule has 3 rings (SSSR count). The third-order valence-electron chi connectivity index (χ3n) is 4.11. The molecule has 9 nitrogen and oxygen atoms in total. The predicted octanol–water partition coefficient (Wildman–Crippen LogP) is 4.35. The van der Waals surface area contributed by atoms with Crippen LogP contribution in [0.5, 0.6) is 11.5 Å². The highest BCUT2D eigenvalue weighted by Gasteiger charge is 2.16. The van der Waals surface area contributed by atoms with E-state index in [-0.39, 0.29) is 11.4 Å². The standard InChI is InChI=1S/C21H18ClN3O6/c1-13-3-6-20(17(9-13)25(27)28)30-12-21(26)24-23-11-15-5-8-18(31-15)14-4-7-19(29-2)16(22)10-14/h3-11H,12H2,1-2H3,(H,24,26)/b23-11-. The quantitative estimate of drug-likeness (QED) is 0.314. The van der Waals surface area contributed by atoms with Crippen molar-refractivity contribution in [3.8, 4) is 22.8 Å². The summed E-state index contributed by atoms with van der Waals surface area (Å²) in [5.41, 5.74) is 3.53. The van der Waals surface area contributed by atoms with Gasteiger partial charge in [0, 0.05) is 11.6 Å². The molecular weight excluding hydrogens is 426 g/mol. The first-order valence-electron chi connectivity index (χ1n) is 9.01. The average Bonchev–Trinajstić information content (AvgIpc) is 3.21. The Morgan fingerprint density at radius 3 is 2.71 bits per heavy atom. The first-order valence-corrected chi connectivity index (χ1v) is 9.38. The first kappa shape index (κ1) is 21.8. The molecule has 0 unspecified atom stereocenters. The molecular formula is C21H18ClN3O6. The molecule has 1 heterocycles. The highest BCUT2D eigenvalue weighted by molar-refractivity contribution is 6.32. The summed E-state index contributed by atoms with van der Waals surface area (Å²) in [5, 5.41) is 15.3. The lowest BCUT2D eigenvalue weighted by Gasteiger charge is -2.06. The Morgan fingerprint density at radius 2 is 2.00 bits per heavy atom. The van der Waals surface area contributed by atoms with E-state index < -0.39 is 17.4 Å². The number of furan rings is 1. The minimum atomic E-state index is -0.583. The maximum atomic E-state index is 11.9. The highest BCUT2D eigenvalue weighted by atomic mass is 35.5. The summed E-state index contributed by atoms with van der Waals surface area (Å²) in [7, 11) is 1.53. The molecule has 0 aliphatic rings. The van der Waals surface area contributed by atoms with Crippen molar-refractivity contribution in [3.63, 3.8) is 0 Å². The van der Waals surface area contributed by atoms with Crippen molar-refractivity contribution in [2.75, 3.05) is 13.7 Å². The van der Waals surface area contributed by atoms with Crippen LogP contribution in [0.4, 0.5) is 5.69 Å². The number of aryl methyl sites for hydroxylation is 1. The van der Waals surface area contributed by atoms with Gasteiger partial charge in [-0.1, -0.05) is 17.7 Å². The van der Waals surface area contributed by atoms with Crippen molar-refractivity contribution in [3.05, 3.63) is 75.0 Å². The predicted molar refractivity (Wildman–Crippen MR) is 115 cm³/mol. The van der Waals surface area contributed by atoms with Crippen LogP contribution < -0.4 is 14.9 Å². The molecule has 0 saturated carbocycles. The molecule has 1 N–H and O–H groups in total. The molecule has 0 radical (unpaired) electrons. The van der Waals surface area contributed by atoms with E-state index in [1.807, 2.05) is 0 Å². The Morgan fingerprint density at radius 1 is 1.23 bits per heavy atom. The largest absolute Gasteiger partial charge is 0.495 e. The van der Waals surface area contributed by atoms with Crippen LogP contribution in [0.3, 0.4) is 0 Å². The number of nitrogens with zero attached hydrogens (tertiary/aromatic N) is 2. The lowest BCUT2D eigenvalue weighted by Crippen LogP contribution is -2.24. The van der Waals surface area contributed by atoms with Crippen molar-refractivity contribution in [1.82, 2.24) is 5.43 Å². The van der Waals surface area contributed by atoms with Gasteiger partial charge in [0.1, 0.15) is 17.3 Å². The number of benzene rings is 2. The Balaban J connectivity index is 1.56. The molecule has 0 aliphatic carbocycles. The second-order valence-electron chi connectivity index (χ2n) is 6.36. The van der Waals surface area contributed by atoms with Crippen LogP contribution in [0, 0.1) is 17.0 Å². The maximum Gasteiger partial charge on any atom is 0.311 e. The van der Waals surface area contributed by atoms with Gasteiger partial charge in [-0.2, -0.15) is 5.10 Å². The SMILES string of the molecule is COc1ccc(-c2ccc(/C=N\NC(=O)COc3ccc(C)cc3[N+](=O)[O-])o2)cc1Cl. The number of carbonyl (C=O) groups is 1. The molecule has 0 aliphatic heterocycles. The topological polar surface area (TPSA) is 116 Å². The third-order valence-corrected chi connectivity index (χ3v) is 4.41. The number of hydrogen-bond donors (Lipinski definition) is 1. The molecule has 10 heteroatoms. The molecule has 31 heavy (non-hydrogen) atoms. The number of hydrogen-bond acceptors (Lipinski definition) is 7. The fourth-order valence-electron chi connectivity index (χ4n) is 2.63. The van der Waals surface area contributed by atoms with Crippen LogP contribution in [0.1, 0.15) is 11.3 Å². The molecule has 3 aromatic rings. The molecule has 0 atom stereocenters. The monoisotopic (exact) mass is 443 g/mol. The summed E-state index contributed by atoms with van der Waals surface area (Å²) in [4.78, 5) is 22.4. The number of nitro benzene ring substituents is 1. The van der Waals surface area contributed by atoms with E-state index in [1.165, 1.54) is 25.5 Å². The summed E-state index contributed by atoms with van der Waals surface area (Å²) in [6, 6.07) is 13.1. The summed E-state index contributed by atoms with van der Waals surface area (Å²) in [5.74, 6) is 0.938.